The van der Waals surface area contributed by atoms with E-state index in [1.807, 2.05) is 29.2 Å². The predicted octanol–water partition coefficient (Wildman–Crippen LogP) is 3.65. The van der Waals surface area contributed by atoms with Crippen molar-refractivity contribution in [3.05, 3.63) is 29.8 Å². The van der Waals surface area contributed by atoms with Crippen molar-refractivity contribution < 1.29 is 14.3 Å². The van der Waals surface area contributed by atoms with Crippen molar-refractivity contribution in [2.75, 3.05) is 19.8 Å². The summed E-state index contributed by atoms with van der Waals surface area (Å²) >= 11 is 0. The zero-order valence-electron chi connectivity index (χ0n) is 14.0. The largest absolute Gasteiger partial charge is 0.491 e. The molecule has 0 bridgehead atoms. The van der Waals surface area contributed by atoms with Gasteiger partial charge in [-0.05, 0) is 56.7 Å². The zero-order chi connectivity index (χ0) is 16.1. The maximum Gasteiger partial charge on any atom is 0.254 e. The van der Waals surface area contributed by atoms with Gasteiger partial charge in [0.15, 0.2) is 0 Å². The topological polar surface area (TPSA) is 38.8 Å². The first-order valence-corrected chi connectivity index (χ1v) is 8.93. The number of piperidine rings is 1. The van der Waals surface area contributed by atoms with E-state index in [2.05, 4.69) is 6.92 Å². The van der Waals surface area contributed by atoms with Crippen molar-refractivity contribution in [2.24, 2.45) is 0 Å². The second-order valence-electron chi connectivity index (χ2n) is 6.53. The normalized spacial score (nSPS) is 24.7. The third-order valence-corrected chi connectivity index (χ3v) is 4.90. The molecule has 0 aliphatic carbocycles. The third kappa shape index (κ3) is 4.05. The molecule has 3 rings (SSSR count). The van der Waals surface area contributed by atoms with Crippen LogP contribution in [0.3, 0.4) is 0 Å². The molecule has 0 aromatic heterocycles. The van der Waals surface area contributed by atoms with Gasteiger partial charge in [0.25, 0.3) is 5.91 Å². The van der Waals surface area contributed by atoms with E-state index in [0.717, 1.165) is 56.6 Å². The van der Waals surface area contributed by atoms with Crippen LogP contribution < -0.4 is 4.74 Å². The van der Waals surface area contributed by atoms with Gasteiger partial charge >= 0.3 is 0 Å². The minimum absolute atomic E-state index is 0.138. The van der Waals surface area contributed by atoms with Gasteiger partial charge in [-0.1, -0.05) is 13.0 Å². The van der Waals surface area contributed by atoms with E-state index in [9.17, 15) is 4.79 Å². The molecule has 23 heavy (non-hydrogen) atoms. The summed E-state index contributed by atoms with van der Waals surface area (Å²) in [6.07, 6.45) is 6.86. The number of carbonyl (C=O) groups is 1. The molecule has 2 unspecified atom stereocenters. The number of benzene rings is 1. The molecule has 2 saturated heterocycles. The molecule has 2 atom stereocenters. The van der Waals surface area contributed by atoms with Crippen LogP contribution in [-0.2, 0) is 4.74 Å². The Morgan fingerprint density at radius 3 is 3.00 bits per heavy atom. The smallest absolute Gasteiger partial charge is 0.254 e. The highest BCUT2D eigenvalue weighted by molar-refractivity contribution is 5.94. The van der Waals surface area contributed by atoms with Crippen LogP contribution >= 0.6 is 0 Å². The van der Waals surface area contributed by atoms with Gasteiger partial charge < -0.3 is 14.4 Å². The summed E-state index contributed by atoms with van der Waals surface area (Å²) < 4.78 is 11.4. The highest BCUT2D eigenvalue weighted by Gasteiger charge is 2.26. The maximum absolute atomic E-state index is 12.8. The van der Waals surface area contributed by atoms with Gasteiger partial charge in [0.2, 0.25) is 0 Å². The third-order valence-electron chi connectivity index (χ3n) is 4.90. The highest BCUT2D eigenvalue weighted by Crippen LogP contribution is 2.23. The summed E-state index contributed by atoms with van der Waals surface area (Å²) in [6, 6.07) is 7.97. The Morgan fingerprint density at radius 2 is 2.22 bits per heavy atom. The molecule has 2 heterocycles. The van der Waals surface area contributed by atoms with Gasteiger partial charge in [0.05, 0.1) is 6.10 Å². The quantitative estimate of drug-likeness (QED) is 0.832. The molecule has 4 heteroatoms. The Kier molecular flexibility index (Phi) is 5.55. The minimum Gasteiger partial charge on any atom is -0.491 e. The first kappa shape index (κ1) is 16.3. The Hall–Kier alpha value is -1.55. The van der Waals surface area contributed by atoms with Crippen molar-refractivity contribution in [1.29, 1.82) is 0 Å². The number of rotatable bonds is 5. The van der Waals surface area contributed by atoms with Gasteiger partial charge in [-0.25, -0.2) is 0 Å². The fourth-order valence-corrected chi connectivity index (χ4v) is 3.54. The number of amides is 1. The van der Waals surface area contributed by atoms with E-state index < -0.39 is 0 Å². The fourth-order valence-electron chi connectivity index (χ4n) is 3.54. The van der Waals surface area contributed by atoms with Crippen LogP contribution in [-0.4, -0.2) is 42.7 Å². The second kappa shape index (κ2) is 7.82. The van der Waals surface area contributed by atoms with Gasteiger partial charge in [0, 0.05) is 24.8 Å². The summed E-state index contributed by atoms with van der Waals surface area (Å²) in [6.45, 7) is 4.44. The van der Waals surface area contributed by atoms with Gasteiger partial charge in [-0.2, -0.15) is 0 Å². The van der Waals surface area contributed by atoms with Crippen LogP contribution in [0.15, 0.2) is 24.3 Å². The lowest BCUT2D eigenvalue weighted by Crippen LogP contribution is -2.43. The van der Waals surface area contributed by atoms with E-state index in [4.69, 9.17) is 9.47 Å². The van der Waals surface area contributed by atoms with Crippen LogP contribution in [0.2, 0.25) is 0 Å². The lowest BCUT2D eigenvalue weighted by molar-refractivity contribution is 0.0605. The number of nitrogens with zero attached hydrogens (tertiary/aromatic N) is 1. The Labute approximate surface area is 138 Å². The van der Waals surface area contributed by atoms with E-state index in [1.54, 1.807) is 0 Å². The molecule has 2 fully saturated rings. The standard InChI is InChI=1S/C19H27NO3/c1-2-16-8-3-4-11-20(16)19(21)15-7-5-9-17(13-15)23-14-18-10-6-12-22-18/h5,7,9,13,16,18H,2-4,6,8,10-12,14H2,1H3. The number of hydrogen-bond donors (Lipinski definition) is 0. The average Bonchev–Trinajstić information content (AvgIpc) is 3.13. The molecule has 0 radical (unpaired) electrons. The molecule has 126 valence electrons. The zero-order valence-corrected chi connectivity index (χ0v) is 14.0. The molecule has 4 nitrogen and oxygen atoms in total. The Morgan fingerprint density at radius 1 is 1.30 bits per heavy atom. The van der Waals surface area contributed by atoms with E-state index in [0.29, 0.717) is 12.6 Å². The summed E-state index contributed by atoms with van der Waals surface area (Å²) in [4.78, 5) is 14.9. The highest BCUT2D eigenvalue weighted by atomic mass is 16.5. The molecule has 2 aliphatic rings. The van der Waals surface area contributed by atoms with Crippen LogP contribution in [0.5, 0.6) is 5.75 Å². The Bertz CT molecular complexity index is 525. The molecular formula is C19H27NO3. The number of hydrogen-bond acceptors (Lipinski definition) is 3. The summed E-state index contributed by atoms with van der Waals surface area (Å²) in [5, 5.41) is 0. The second-order valence-corrected chi connectivity index (χ2v) is 6.53. The van der Waals surface area contributed by atoms with Gasteiger partial charge in [-0.3, -0.25) is 4.79 Å². The van der Waals surface area contributed by atoms with Crippen molar-refractivity contribution in [2.45, 2.75) is 57.6 Å². The molecule has 2 aliphatic heterocycles. The van der Waals surface area contributed by atoms with Crippen molar-refractivity contribution in [1.82, 2.24) is 4.90 Å². The minimum atomic E-state index is 0.138. The maximum atomic E-state index is 12.8. The molecular weight excluding hydrogens is 290 g/mol. The average molecular weight is 317 g/mol. The molecule has 0 N–H and O–H groups in total. The van der Waals surface area contributed by atoms with Gasteiger partial charge in [0.1, 0.15) is 12.4 Å². The van der Waals surface area contributed by atoms with E-state index in [1.165, 1.54) is 6.42 Å². The Balaban J connectivity index is 1.64. The summed E-state index contributed by atoms with van der Waals surface area (Å²) in [7, 11) is 0. The lowest BCUT2D eigenvalue weighted by atomic mass is 9.99. The molecule has 1 amide bonds. The number of ether oxygens (including phenoxy) is 2. The van der Waals surface area contributed by atoms with Gasteiger partial charge in [-0.15, -0.1) is 0 Å². The number of likely N-dealkylation sites (tertiary alicyclic amines) is 1. The fraction of sp³-hybridized carbons (Fsp3) is 0.632. The van der Waals surface area contributed by atoms with Crippen molar-refractivity contribution in [3.63, 3.8) is 0 Å². The van der Waals surface area contributed by atoms with E-state index in [-0.39, 0.29) is 12.0 Å². The van der Waals surface area contributed by atoms with Crippen molar-refractivity contribution >= 4 is 5.91 Å². The summed E-state index contributed by atoms with van der Waals surface area (Å²) in [5.74, 6) is 0.899. The molecule has 1 aromatic carbocycles. The molecule has 0 saturated carbocycles. The van der Waals surface area contributed by atoms with Crippen LogP contribution in [0, 0.1) is 0 Å². The van der Waals surface area contributed by atoms with Crippen LogP contribution in [0.25, 0.3) is 0 Å². The molecule has 1 aromatic rings. The SMILES string of the molecule is CCC1CCCCN1C(=O)c1cccc(OCC2CCCO2)c1. The van der Waals surface area contributed by atoms with Crippen molar-refractivity contribution in [3.8, 4) is 5.75 Å². The van der Waals surface area contributed by atoms with Crippen LogP contribution in [0.4, 0.5) is 0 Å². The first-order chi connectivity index (χ1) is 11.3. The number of carbonyl (C=O) groups excluding carboxylic acids is 1. The monoisotopic (exact) mass is 317 g/mol. The van der Waals surface area contributed by atoms with E-state index >= 15 is 0 Å². The summed E-state index contributed by atoms with van der Waals surface area (Å²) in [5.41, 5.74) is 0.732. The predicted molar refractivity (Wildman–Crippen MR) is 89.9 cm³/mol. The van der Waals surface area contributed by atoms with Crippen LogP contribution in [0.1, 0.15) is 55.8 Å². The molecule has 0 spiro atoms. The lowest BCUT2D eigenvalue weighted by Gasteiger charge is -2.35. The first-order valence-electron chi connectivity index (χ1n) is 8.93.